The summed E-state index contributed by atoms with van der Waals surface area (Å²) in [4.78, 5) is 28.0. The predicted octanol–water partition coefficient (Wildman–Crippen LogP) is 3.53. The number of carboxylic acid groups (broad SMARTS) is 2. The molecule has 0 amide bonds. The van der Waals surface area contributed by atoms with Crippen molar-refractivity contribution in [2.75, 3.05) is 7.11 Å². The molecular formula is C13H9Cl3N2O5. The van der Waals surface area contributed by atoms with Crippen LogP contribution in [0.1, 0.15) is 20.7 Å². The largest absolute Gasteiger partial charge is 0.481 e. The number of pyridine rings is 2. The van der Waals surface area contributed by atoms with Gasteiger partial charge in [-0.3, -0.25) is 0 Å². The molecule has 0 unspecified atom stereocenters. The Morgan fingerprint density at radius 2 is 1.39 bits per heavy atom. The van der Waals surface area contributed by atoms with Gasteiger partial charge in [-0.1, -0.05) is 34.8 Å². The average molecular weight is 380 g/mol. The first-order chi connectivity index (χ1) is 10.8. The number of nitrogens with zero attached hydrogens (tertiary/aromatic N) is 2. The smallest absolute Gasteiger partial charge is 0.338 e. The molecule has 7 nitrogen and oxygen atoms in total. The summed E-state index contributed by atoms with van der Waals surface area (Å²) in [5, 5.41) is 17.1. The SMILES string of the molecule is COc1ccc(C(=O)O)c(Cl)n1.O=C(O)c1ccc(Cl)nc1Cl. The summed E-state index contributed by atoms with van der Waals surface area (Å²) in [5.41, 5.74) is -0.0754. The Hall–Kier alpha value is -2.09. The van der Waals surface area contributed by atoms with E-state index in [1.54, 1.807) is 0 Å². The molecule has 2 aromatic rings. The molecule has 2 heterocycles. The van der Waals surface area contributed by atoms with Crippen molar-refractivity contribution in [2.45, 2.75) is 0 Å². The molecule has 23 heavy (non-hydrogen) atoms. The van der Waals surface area contributed by atoms with E-state index in [9.17, 15) is 9.59 Å². The van der Waals surface area contributed by atoms with E-state index in [1.165, 1.54) is 31.4 Å². The van der Waals surface area contributed by atoms with Crippen LogP contribution in [-0.4, -0.2) is 39.2 Å². The second-order valence-corrected chi connectivity index (χ2v) is 4.88. The normalized spacial score (nSPS) is 9.57. The summed E-state index contributed by atoms with van der Waals surface area (Å²) < 4.78 is 4.74. The van der Waals surface area contributed by atoms with Crippen molar-refractivity contribution in [3.63, 3.8) is 0 Å². The van der Waals surface area contributed by atoms with Crippen molar-refractivity contribution in [1.82, 2.24) is 9.97 Å². The summed E-state index contributed by atoms with van der Waals surface area (Å²) in [6.07, 6.45) is 0. The quantitative estimate of drug-likeness (QED) is 0.785. The van der Waals surface area contributed by atoms with Gasteiger partial charge in [0, 0.05) is 6.07 Å². The fourth-order valence-corrected chi connectivity index (χ4v) is 1.92. The number of methoxy groups -OCH3 is 1. The fourth-order valence-electron chi connectivity index (χ4n) is 1.26. The first-order valence-electron chi connectivity index (χ1n) is 5.75. The third-order valence-electron chi connectivity index (χ3n) is 2.31. The van der Waals surface area contributed by atoms with Gasteiger partial charge in [0.15, 0.2) is 0 Å². The van der Waals surface area contributed by atoms with Gasteiger partial charge in [0.25, 0.3) is 0 Å². The summed E-state index contributed by atoms with van der Waals surface area (Å²) >= 11 is 16.4. The van der Waals surface area contributed by atoms with E-state index in [-0.39, 0.29) is 26.6 Å². The standard InChI is InChI=1S/C7H6ClNO3.C6H3Cl2NO2/c1-12-5-3-2-4(7(10)11)6(8)9-5;7-4-2-1-3(6(10)11)5(8)9-4/h2-3H,1H3,(H,10,11);1-2H,(H,10,11). The molecule has 0 aromatic carbocycles. The molecule has 0 aliphatic rings. The molecule has 0 radical (unpaired) electrons. The molecule has 0 atom stereocenters. The average Bonchev–Trinajstić information content (AvgIpc) is 2.46. The van der Waals surface area contributed by atoms with E-state index in [0.29, 0.717) is 5.88 Å². The Balaban J connectivity index is 0.000000231. The van der Waals surface area contributed by atoms with Crippen LogP contribution in [0.5, 0.6) is 5.88 Å². The number of carbonyl (C=O) groups is 2. The van der Waals surface area contributed by atoms with Crippen LogP contribution in [-0.2, 0) is 0 Å². The number of carboxylic acids is 2. The first kappa shape index (κ1) is 19.0. The molecule has 0 aliphatic heterocycles. The highest BCUT2D eigenvalue weighted by Gasteiger charge is 2.10. The van der Waals surface area contributed by atoms with Crippen LogP contribution < -0.4 is 4.74 Å². The minimum atomic E-state index is -1.11. The van der Waals surface area contributed by atoms with Crippen LogP contribution in [0.4, 0.5) is 0 Å². The molecule has 0 bridgehead atoms. The summed E-state index contributed by atoms with van der Waals surface area (Å²) in [7, 11) is 1.43. The molecule has 0 spiro atoms. The van der Waals surface area contributed by atoms with Gasteiger partial charge in [0.1, 0.15) is 15.5 Å². The second kappa shape index (κ2) is 8.52. The van der Waals surface area contributed by atoms with Gasteiger partial charge in [0.05, 0.1) is 18.2 Å². The molecule has 2 rings (SSSR count). The van der Waals surface area contributed by atoms with Crippen LogP contribution >= 0.6 is 34.8 Å². The molecule has 2 N–H and O–H groups in total. The van der Waals surface area contributed by atoms with Gasteiger partial charge in [-0.05, 0) is 18.2 Å². The van der Waals surface area contributed by atoms with Crippen LogP contribution in [0.2, 0.25) is 15.5 Å². The van der Waals surface area contributed by atoms with E-state index >= 15 is 0 Å². The van der Waals surface area contributed by atoms with Gasteiger partial charge in [0.2, 0.25) is 5.88 Å². The molecular weight excluding hydrogens is 371 g/mol. The number of halogens is 3. The zero-order valence-corrected chi connectivity index (χ0v) is 13.7. The Labute approximate surface area is 145 Å². The Bertz CT molecular complexity index is 740. The van der Waals surface area contributed by atoms with Gasteiger partial charge >= 0.3 is 11.9 Å². The van der Waals surface area contributed by atoms with Crippen LogP contribution in [0.3, 0.4) is 0 Å². The number of aromatic carboxylic acids is 2. The van der Waals surface area contributed by atoms with E-state index in [2.05, 4.69) is 9.97 Å². The van der Waals surface area contributed by atoms with Gasteiger partial charge in [-0.2, -0.15) is 0 Å². The van der Waals surface area contributed by atoms with Crippen molar-refractivity contribution < 1.29 is 24.5 Å². The number of hydrogen-bond donors (Lipinski definition) is 2. The Kier molecular flexibility index (Phi) is 7.02. The van der Waals surface area contributed by atoms with Crippen molar-refractivity contribution >= 4 is 46.7 Å². The van der Waals surface area contributed by atoms with E-state index < -0.39 is 11.9 Å². The number of hydrogen-bond acceptors (Lipinski definition) is 5. The lowest BCUT2D eigenvalue weighted by Crippen LogP contribution is -1.99. The Morgan fingerprint density at radius 1 is 0.913 bits per heavy atom. The first-order valence-corrected chi connectivity index (χ1v) is 6.88. The highest BCUT2D eigenvalue weighted by molar-refractivity contribution is 6.34. The molecule has 122 valence electrons. The number of aromatic nitrogens is 2. The second-order valence-electron chi connectivity index (χ2n) is 3.77. The summed E-state index contributed by atoms with van der Waals surface area (Å²) in [5.74, 6) is -1.92. The molecule has 0 aliphatic carbocycles. The van der Waals surface area contributed by atoms with Crippen molar-refractivity contribution in [3.05, 3.63) is 50.9 Å². The lowest BCUT2D eigenvalue weighted by molar-refractivity contribution is 0.0685. The lowest BCUT2D eigenvalue weighted by Gasteiger charge is -2.00. The predicted molar refractivity (Wildman–Crippen MR) is 84.0 cm³/mol. The van der Waals surface area contributed by atoms with Crippen LogP contribution in [0.25, 0.3) is 0 Å². The highest BCUT2D eigenvalue weighted by atomic mass is 35.5. The fraction of sp³-hybridized carbons (Fsp3) is 0.0769. The van der Waals surface area contributed by atoms with Crippen LogP contribution in [0, 0.1) is 0 Å². The molecule has 2 aromatic heterocycles. The summed E-state index contributed by atoms with van der Waals surface area (Å²) in [6.45, 7) is 0. The van der Waals surface area contributed by atoms with Crippen molar-refractivity contribution in [1.29, 1.82) is 0 Å². The van der Waals surface area contributed by atoms with Crippen LogP contribution in [0.15, 0.2) is 24.3 Å². The van der Waals surface area contributed by atoms with Gasteiger partial charge < -0.3 is 14.9 Å². The third kappa shape index (κ3) is 5.55. The number of rotatable bonds is 3. The van der Waals surface area contributed by atoms with Crippen molar-refractivity contribution in [2.24, 2.45) is 0 Å². The lowest BCUT2D eigenvalue weighted by atomic mass is 10.3. The maximum atomic E-state index is 10.5. The van der Waals surface area contributed by atoms with Crippen molar-refractivity contribution in [3.8, 4) is 5.88 Å². The van der Waals surface area contributed by atoms with E-state index in [0.717, 1.165) is 0 Å². The monoisotopic (exact) mass is 378 g/mol. The van der Waals surface area contributed by atoms with E-state index in [4.69, 9.17) is 49.8 Å². The zero-order chi connectivity index (χ0) is 17.6. The number of ether oxygens (including phenoxy) is 1. The molecule has 0 saturated carbocycles. The summed E-state index contributed by atoms with van der Waals surface area (Å²) in [6, 6.07) is 5.46. The molecule has 0 fully saturated rings. The molecule has 0 saturated heterocycles. The highest BCUT2D eigenvalue weighted by Crippen LogP contribution is 2.17. The maximum absolute atomic E-state index is 10.5. The maximum Gasteiger partial charge on any atom is 0.338 e. The Morgan fingerprint density at radius 3 is 1.78 bits per heavy atom. The van der Waals surface area contributed by atoms with Gasteiger partial charge in [-0.25, -0.2) is 19.6 Å². The topological polar surface area (TPSA) is 110 Å². The van der Waals surface area contributed by atoms with Gasteiger partial charge in [-0.15, -0.1) is 0 Å². The molecule has 10 heteroatoms. The zero-order valence-electron chi connectivity index (χ0n) is 11.5. The third-order valence-corrected chi connectivity index (χ3v) is 3.09. The minimum Gasteiger partial charge on any atom is -0.481 e. The minimum absolute atomic E-state index is 0.0301. The van der Waals surface area contributed by atoms with E-state index in [1.807, 2.05) is 0 Å².